The summed E-state index contributed by atoms with van der Waals surface area (Å²) in [5.41, 5.74) is 6.01. The summed E-state index contributed by atoms with van der Waals surface area (Å²) in [4.78, 5) is 21.4. The topological polar surface area (TPSA) is 68.6 Å². The predicted molar refractivity (Wildman–Crippen MR) is 192 cm³/mol. The lowest BCUT2D eigenvalue weighted by molar-refractivity contribution is 0.140. The van der Waals surface area contributed by atoms with E-state index in [-0.39, 0.29) is 11.4 Å². The Hall–Kier alpha value is -4.89. The lowest BCUT2D eigenvalue weighted by Crippen LogP contribution is -2.46. The first kappa shape index (κ1) is 34.0. The van der Waals surface area contributed by atoms with E-state index in [0.29, 0.717) is 25.4 Å². The van der Waals surface area contributed by atoms with E-state index in [4.69, 9.17) is 18.9 Å². The van der Waals surface area contributed by atoms with Gasteiger partial charge in [-0.05, 0) is 78.5 Å². The number of ether oxygens (including phenoxy) is 4. The predicted octanol–water partition coefficient (Wildman–Crippen LogP) is 7.41. The number of fused-ring (bicyclic) bond motifs is 2. The van der Waals surface area contributed by atoms with Crippen LogP contribution in [-0.4, -0.2) is 73.4 Å². The number of aromatic nitrogens is 1. The normalized spacial score (nSPS) is 16.6. The molecule has 2 aliphatic rings. The van der Waals surface area contributed by atoms with Gasteiger partial charge >= 0.3 is 6.03 Å². The molecule has 0 saturated carbocycles. The Bertz CT molecular complexity index is 1780. The van der Waals surface area contributed by atoms with E-state index in [0.717, 1.165) is 83.4 Å². The van der Waals surface area contributed by atoms with Gasteiger partial charge in [-0.2, -0.15) is 0 Å². The molecule has 3 aromatic carbocycles. The van der Waals surface area contributed by atoms with Gasteiger partial charge in [-0.15, -0.1) is 0 Å². The fourth-order valence-corrected chi connectivity index (χ4v) is 7.20. The molecule has 0 unspecified atom stereocenters. The first-order valence-electron chi connectivity index (χ1n) is 16.9. The molecule has 3 heterocycles. The van der Waals surface area contributed by atoms with E-state index in [9.17, 15) is 4.79 Å². The number of carbonyl (C=O) groups is 1. The van der Waals surface area contributed by atoms with Crippen LogP contribution in [0.1, 0.15) is 48.9 Å². The zero-order valence-corrected chi connectivity index (χ0v) is 29.6. The second kappa shape index (κ2) is 14.7. The van der Waals surface area contributed by atoms with Crippen molar-refractivity contribution in [3.8, 4) is 28.7 Å². The van der Waals surface area contributed by atoms with Crippen molar-refractivity contribution in [1.82, 2.24) is 19.3 Å². The second-order valence-electron chi connectivity index (χ2n) is 13.4. The maximum absolute atomic E-state index is 14.9. The highest BCUT2D eigenvalue weighted by Gasteiger charge is 2.35. The highest BCUT2D eigenvalue weighted by atomic mass is 16.5. The monoisotopic (exact) mass is 664 g/mol. The van der Waals surface area contributed by atoms with Crippen LogP contribution in [-0.2, 0) is 25.0 Å². The minimum atomic E-state index is -0.381. The van der Waals surface area contributed by atoms with Gasteiger partial charge in [0.05, 0.1) is 35.0 Å². The molecule has 0 atom stereocenters. The zero-order chi connectivity index (χ0) is 34.5. The summed E-state index contributed by atoms with van der Waals surface area (Å²) in [5.74, 6) is 3.02. The number of hydrogen-bond donors (Lipinski definition) is 0. The number of nitrogens with zero attached hydrogens (tertiary/aromatic N) is 4. The number of carbonyl (C=O) groups excluding carboxylic acids is 1. The molecule has 258 valence electrons. The van der Waals surface area contributed by atoms with E-state index in [1.54, 1.807) is 28.4 Å². The Balaban J connectivity index is 1.37. The summed E-state index contributed by atoms with van der Waals surface area (Å²) in [7, 11) is 6.71. The largest absolute Gasteiger partial charge is 0.497 e. The quantitative estimate of drug-likeness (QED) is 0.186. The number of urea groups is 1. The van der Waals surface area contributed by atoms with E-state index >= 15 is 0 Å². The average Bonchev–Trinajstić information content (AvgIpc) is 3.62. The molecular weight excluding hydrogens is 616 g/mol. The summed E-state index contributed by atoms with van der Waals surface area (Å²) in [5, 5.41) is 0. The number of allylic oxidation sites excluding steroid dienone is 2. The molecule has 1 aromatic heterocycles. The van der Waals surface area contributed by atoms with Crippen molar-refractivity contribution < 1.29 is 23.7 Å². The molecule has 6 rings (SSSR count). The number of methoxy groups -OCH3 is 4. The Labute approximate surface area is 290 Å². The first-order chi connectivity index (χ1) is 23.7. The smallest absolute Gasteiger partial charge is 0.324 e. The van der Waals surface area contributed by atoms with Crippen molar-refractivity contribution in [3.63, 3.8) is 0 Å². The molecule has 1 fully saturated rings. The summed E-state index contributed by atoms with van der Waals surface area (Å²) < 4.78 is 24.8. The lowest BCUT2D eigenvalue weighted by atomic mass is 9.80. The molecule has 0 radical (unpaired) electrons. The maximum Gasteiger partial charge on any atom is 0.324 e. The van der Waals surface area contributed by atoms with Crippen molar-refractivity contribution in [2.75, 3.05) is 48.1 Å². The SMILES string of the molecule is COc1cc(CN2CCCC3=CC(C)(C)c4c(cc(OC)cc4OC)CN3C(=O)N(Cc3cccc(-n4cccc4)c3)CC2)cc(OC)c1. The Morgan fingerprint density at radius 2 is 1.45 bits per heavy atom. The van der Waals surface area contributed by atoms with Gasteiger partial charge in [0.2, 0.25) is 0 Å². The van der Waals surface area contributed by atoms with Gasteiger partial charge < -0.3 is 28.4 Å². The summed E-state index contributed by atoms with van der Waals surface area (Å²) in [6, 6.07) is 22.5. The van der Waals surface area contributed by atoms with E-state index in [1.165, 1.54) is 0 Å². The van der Waals surface area contributed by atoms with Crippen LogP contribution in [0.25, 0.3) is 5.69 Å². The number of benzene rings is 3. The summed E-state index contributed by atoms with van der Waals surface area (Å²) >= 11 is 0. The third kappa shape index (κ3) is 7.57. The van der Waals surface area contributed by atoms with Crippen LogP contribution in [0.2, 0.25) is 0 Å². The highest BCUT2D eigenvalue weighted by Crippen LogP contribution is 2.43. The highest BCUT2D eigenvalue weighted by molar-refractivity contribution is 5.77. The van der Waals surface area contributed by atoms with Gasteiger partial charge in [0.15, 0.2) is 0 Å². The molecule has 0 spiro atoms. The third-order valence-corrected chi connectivity index (χ3v) is 9.56. The molecular formula is C40H48N4O5. The van der Waals surface area contributed by atoms with Crippen molar-refractivity contribution in [1.29, 1.82) is 0 Å². The Morgan fingerprint density at radius 3 is 2.14 bits per heavy atom. The molecule has 0 N–H and O–H groups in total. The van der Waals surface area contributed by atoms with Crippen molar-refractivity contribution in [2.45, 2.75) is 51.7 Å². The molecule has 4 aromatic rings. The van der Waals surface area contributed by atoms with Gasteiger partial charge in [0.1, 0.15) is 23.0 Å². The van der Waals surface area contributed by atoms with Gasteiger partial charge in [0.25, 0.3) is 0 Å². The van der Waals surface area contributed by atoms with Crippen LogP contribution in [0.3, 0.4) is 0 Å². The Morgan fingerprint density at radius 1 is 0.735 bits per heavy atom. The zero-order valence-electron chi connectivity index (χ0n) is 29.6. The summed E-state index contributed by atoms with van der Waals surface area (Å²) in [6.45, 7) is 8.20. The van der Waals surface area contributed by atoms with Gasteiger partial charge in [-0.1, -0.05) is 32.1 Å². The fourth-order valence-electron chi connectivity index (χ4n) is 7.20. The molecule has 0 aliphatic carbocycles. The van der Waals surface area contributed by atoms with E-state index in [2.05, 4.69) is 71.9 Å². The van der Waals surface area contributed by atoms with Crippen LogP contribution >= 0.6 is 0 Å². The lowest BCUT2D eigenvalue weighted by Gasteiger charge is -2.35. The molecule has 1 saturated heterocycles. The van der Waals surface area contributed by atoms with Crippen LogP contribution in [0.4, 0.5) is 4.79 Å². The molecule has 2 amide bonds. The molecule has 0 bridgehead atoms. The second-order valence-corrected chi connectivity index (χ2v) is 13.4. The minimum absolute atomic E-state index is 0.00652. The number of rotatable bonds is 9. The molecule has 9 nitrogen and oxygen atoms in total. The van der Waals surface area contributed by atoms with E-state index in [1.807, 2.05) is 46.5 Å². The maximum atomic E-state index is 14.9. The van der Waals surface area contributed by atoms with Crippen molar-refractivity contribution in [2.24, 2.45) is 0 Å². The third-order valence-electron chi connectivity index (χ3n) is 9.56. The number of amides is 2. The van der Waals surface area contributed by atoms with Crippen molar-refractivity contribution in [3.05, 3.63) is 113 Å². The van der Waals surface area contributed by atoms with Gasteiger partial charge in [0, 0.05) is 73.1 Å². The van der Waals surface area contributed by atoms with Crippen LogP contribution < -0.4 is 18.9 Å². The first-order valence-corrected chi connectivity index (χ1v) is 16.9. The van der Waals surface area contributed by atoms with Crippen LogP contribution in [0.5, 0.6) is 23.0 Å². The summed E-state index contributed by atoms with van der Waals surface area (Å²) in [6.07, 6.45) is 8.01. The minimum Gasteiger partial charge on any atom is -0.497 e. The Kier molecular flexibility index (Phi) is 10.2. The van der Waals surface area contributed by atoms with Gasteiger partial charge in [-0.3, -0.25) is 9.80 Å². The standard InChI is InChI=1S/C40H48N4O5/c1-40(2)25-33-13-10-14-41(26-30-20-34(46-3)23-35(21-30)47-4)17-18-43(27-29-11-9-12-32(19-29)42-15-7-8-16-42)39(45)44(33)28-31-22-36(48-5)24-37(49-6)38(31)40/h7-9,11-12,15-16,19-25H,10,13-14,17-18,26-28H2,1-6H3. The number of hydrogen-bond acceptors (Lipinski definition) is 6. The van der Waals surface area contributed by atoms with Gasteiger partial charge in [-0.25, -0.2) is 4.79 Å². The fraction of sp³-hybridized carbons (Fsp3) is 0.375. The van der Waals surface area contributed by atoms with E-state index < -0.39 is 0 Å². The molecule has 49 heavy (non-hydrogen) atoms. The average molecular weight is 665 g/mol. The van der Waals surface area contributed by atoms with Crippen LogP contribution in [0, 0.1) is 0 Å². The van der Waals surface area contributed by atoms with Crippen molar-refractivity contribution >= 4 is 6.03 Å². The molecule has 2 aliphatic heterocycles. The molecule has 9 heteroatoms. The van der Waals surface area contributed by atoms with Crippen LogP contribution in [0.15, 0.2) is 90.9 Å².